The van der Waals surface area contributed by atoms with Crippen molar-refractivity contribution in [2.75, 3.05) is 37.7 Å². The first-order valence-corrected chi connectivity index (χ1v) is 11.1. The van der Waals surface area contributed by atoms with E-state index in [4.69, 9.17) is 19.6 Å². The largest absolute Gasteiger partial charge is 0.360 e. The average molecular weight is 425 g/mol. The Hall–Kier alpha value is -0.100. The number of carbonyl (C=O) groups excluding carboxylic acids is 2. The lowest BCUT2D eigenvalue weighted by Crippen LogP contribution is -2.46. The molecule has 0 aromatic rings. The second-order valence-corrected chi connectivity index (χ2v) is 9.32. The lowest BCUT2D eigenvalue weighted by Gasteiger charge is -2.24. The first-order chi connectivity index (χ1) is 10.9. The third kappa shape index (κ3) is 10.0. The number of carbonyl (C=O) groups is 2. The minimum Gasteiger partial charge on any atom is -0.354 e. The minimum absolute atomic E-state index is 0.196. The Bertz CT molecular complexity index is 503. The number of amides is 2. The predicted molar refractivity (Wildman–Crippen MR) is 93.2 cm³/mol. The topological polar surface area (TPSA) is 176 Å². The van der Waals surface area contributed by atoms with Crippen LogP contribution < -0.4 is 10.6 Å². The fourth-order valence-electron chi connectivity index (χ4n) is 1.57. The molecule has 0 saturated carbocycles. The van der Waals surface area contributed by atoms with E-state index in [1.165, 1.54) is 4.90 Å². The minimum atomic E-state index is -5.27. The molecule has 6 N–H and O–H groups in total. The van der Waals surface area contributed by atoms with Gasteiger partial charge in [0.05, 0.1) is 13.1 Å². The van der Waals surface area contributed by atoms with Gasteiger partial charge in [-0.2, -0.15) is 25.3 Å². The summed E-state index contributed by atoms with van der Waals surface area (Å²) in [5.41, 5.74) is -2.63. The van der Waals surface area contributed by atoms with Crippen molar-refractivity contribution >= 4 is 52.3 Å². The molecular weight excluding hydrogens is 404 g/mol. The maximum Gasteiger partial charge on any atom is 0.360 e. The summed E-state index contributed by atoms with van der Waals surface area (Å²) < 4.78 is 22.2. The van der Waals surface area contributed by atoms with Crippen molar-refractivity contribution in [2.24, 2.45) is 0 Å². The molecule has 0 heterocycles. The Kier molecular flexibility index (Phi) is 10.7. The molecule has 142 valence electrons. The smallest absolute Gasteiger partial charge is 0.354 e. The van der Waals surface area contributed by atoms with Crippen LogP contribution in [0.5, 0.6) is 0 Å². The van der Waals surface area contributed by atoms with Crippen LogP contribution in [0.25, 0.3) is 0 Å². The van der Waals surface area contributed by atoms with Crippen molar-refractivity contribution in [3.05, 3.63) is 0 Å². The number of hydrogen-bond acceptors (Lipinski definition) is 7. The van der Waals surface area contributed by atoms with Crippen LogP contribution in [-0.2, 0) is 18.7 Å². The third-order valence-electron chi connectivity index (χ3n) is 2.51. The van der Waals surface area contributed by atoms with E-state index in [0.717, 1.165) is 0 Å². The molecule has 0 radical (unpaired) electrons. The van der Waals surface area contributed by atoms with Crippen molar-refractivity contribution in [3.8, 4) is 0 Å². The molecule has 0 aliphatic rings. The van der Waals surface area contributed by atoms with E-state index >= 15 is 0 Å². The van der Waals surface area contributed by atoms with E-state index in [2.05, 4.69) is 30.6 Å². The second kappa shape index (κ2) is 10.8. The van der Waals surface area contributed by atoms with Gasteiger partial charge in [-0.25, -0.2) is 0 Å². The Morgan fingerprint density at radius 2 is 1.46 bits per heavy atom. The summed E-state index contributed by atoms with van der Waals surface area (Å²) in [6.07, 6.45) is 0. The van der Waals surface area contributed by atoms with Gasteiger partial charge in [-0.15, -0.1) is 0 Å². The Morgan fingerprint density at radius 3 is 1.88 bits per heavy atom. The van der Waals surface area contributed by atoms with Crippen molar-refractivity contribution in [1.29, 1.82) is 0 Å². The molecule has 11 nitrogen and oxygen atoms in total. The standard InChI is InChI=1S/C9H21N3O8P2S2/c13-7(10-1-3-23)5-12(2-4-24)6-8(14)11-9(21(15,16)17)22(18,19)20/h9,23-24H,1-6H2,(H,10,13)(H,11,14)(H2,15,16,17)(H2,18,19,20). The zero-order chi connectivity index (χ0) is 19.0. The summed E-state index contributed by atoms with van der Waals surface area (Å²) >= 11 is 7.89. The monoisotopic (exact) mass is 425 g/mol. The summed E-state index contributed by atoms with van der Waals surface area (Å²) in [6.45, 7) is -0.174. The van der Waals surface area contributed by atoms with Crippen molar-refractivity contribution in [3.63, 3.8) is 0 Å². The van der Waals surface area contributed by atoms with Gasteiger partial charge in [0, 0.05) is 24.6 Å². The van der Waals surface area contributed by atoms with Crippen LogP contribution >= 0.6 is 40.4 Å². The van der Waals surface area contributed by atoms with Gasteiger partial charge >= 0.3 is 15.2 Å². The molecule has 0 aliphatic heterocycles. The number of nitrogens with zero attached hydrogens (tertiary/aromatic N) is 1. The van der Waals surface area contributed by atoms with Crippen molar-refractivity contribution in [2.45, 2.75) is 5.52 Å². The van der Waals surface area contributed by atoms with E-state index in [1.807, 2.05) is 0 Å². The van der Waals surface area contributed by atoms with Crippen LogP contribution in [0.1, 0.15) is 0 Å². The molecule has 15 heteroatoms. The van der Waals surface area contributed by atoms with E-state index < -0.39 is 39.1 Å². The Labute approximate surface area is 149 Å². The van der Waals surface area contributed by atoms with E-state index in [-0.39, 0.29) is 18.8 Å². The van der Waals surface area contributed by atoms with Gasteiger partial charge in [0.1, 0.15) is 0 Å². The van der Waals surface area contributed by atoms with E-state index in [9.17, 15) is 18.7 Å². The molecule has 2 amide bonds. The number of hydrogen-bond donors (Lipinski definition) is 8. The molecule has 0 rings (SSSR count). The highest BCUT2D eigenvalue weighted by Crippen LogP contribution is 2.58. The van der Waals surface area contributed by atoms with E-state index in [0.29, 0.717) is 12.3 Å². The van der Waals surface area contributed by atoms with Gasteiger partial charge < -0.3 is 30.2 Å². The highest BCUT2D eigenvalue weighted by Gasteiger charge is 2.44. The highest BCUT2D eigenvalue weighted by molar-refractivity contribution is 7.80. The molecule has 24 heavy (non-hydrogen) atoms. The molecule has 0 bridgehead atoms. The van der Waals surface area contributed by atoms with Crippen LogP contribution in [0.4, 0.5) is 0 Å². The van der Waals surface area contributed by atoms with Gasteiger partial charge in [-0.3, -0.25) is 23.6 Å². The van der Waals surface area contributed by atoms with Crippen LogP contribution in [0, 0.1) is 0 Å². The van der Waals surface area contributed by atoms with Crippen LogP contribution in [0.2, 0.25) is 0 Å². The maximum absolute atomic E-state index is 11.8. The molecular formula is C9H21N3O8P2S2. The second-order valence-electron chi connectivity index (χ2n) is 4.63. The molecule has 0 aromatic carbocycles. The lowest BCUT2D eigenvalue weighted by atomic mass is 10.4. The molecule has 0 aliphatic carbocycles. The molecule has 0 aromatic heterocycles. The van der Waals surface area contributed by atoms with Gasteiger partial charge in [0.2, 0.25) is 17.3 Å². The fourth-order valence-corrected chi connectivity index (χ4v) is 4.15. The number of nitrogens with one attached hydrogen (secondary N) is 2. The SMILES string of the molecule is O=C(CN(CCS)CC(=O)NC(P(=O)(O)O)P(=O)(O)O)NCCS. The first kappa shape index (κ1) is 23.9. The number of rotatable bonds is 11. The molecule has 0 spiro atoms. The van der Waals surface area contributed by atoms with Crippen LogP contribution in [-0.4, -0.2) is 79.5 Å². The van der Waals surface area contributed by atoms with E-state index in [1.54, 1.807) is 5.32 Å². The molecule has 0 atom stereocenters. The van der Waals surface area contributed by atoms with Gasteiger partial charge in [0.15, 0.2) is 0 Å². The summed E-state index contributed by atoms with van der Waals surface area (Å²) in [4.78, 5) is 60.5. The van der Waals surface area contributed by atoms with Crippen LogP contribution in [0.15, 0.2) is 0 Å². The summed E-state index contributed by atoms with van der Waals surface area (Å²) in [5.74, 6) is -0.742. The third-order valence-corrected chi connectivity index (χ3v) is 6.27. The number of thiol groups is 2. The molecule has 0 fully saturated rings. The van der Waals surface area contributed by atoms with Gasteiger partial charge in [-0.1, -0.05) is 0 Å². The molecule has 0 saturated heterocycles. The zero-order valence-corrected chi connectivity index (χ0v) is 16.1. The summed E-state index contributed by atoms with van der Waals surface area (Å²) in [6, 6.07) is 0. The zero-order valence-electron chi connectivity index (χ0n) is 12.5. The fraction of sp³-hybridized carbons (Fsp3) is 0.778. The lowest BCUT2D eigenvalue weighted by molar-refractivity contribution is -0.125. The van der Waals surface area contributed by atoms with Crippen LogP contribution in [0.3, 0.4) is 0 Å². The van der Waals surface area contributed by atoms with Crippen molar-refractivity contribution in [1.82, 2.24) is 15.5 Å². The first-order valence-electron chi connectivity index (χ1n) is 6.52. The summed E-state index contributed by atoms with van der Waals surface area (Å²) in [7, 11) is -10.5. The van der Waals surface area contributed by atoms with Gasteiger partial charge in [0.25, 0.3) is 0 Å². The maximum atomic E-state index is 11.8. The average Bonchev–Trinajstić information content (AvgIpc) is 2.40. The molecule has 0 unspecified atom stereocenters. The normalized spacial score (nSPS) is 12.5. The Balaban J connectivity index is 4.85. The quantitative estimate of drug-likeness (QED) is 0.138. The van der Waals surface area contributed by atoms with Gasteiger partial charge in [-0.05, 0) is 0 Å². The highest BCUT2D eigenvalue weighted by atomic mass is 32.1. The Morgan fingerprint density at radius 1 is 0.958 bits per heavy atom. The predicted octanol–water partition coefficient (Wildman–Crippen LogP) is -1.98. The van der Waals surface area contributed by atoms with Crippen molar-refractivity contribution < 1.29 is 38.3 Å². The summed E-state index contributed by atoms with van der Waals surface area (Å²) in [5, 5.41) is 4.15.